The van der Waals surface area contributed by atoms with Crippen LogP contribution in [0.4, 0.5) is 5.13 Å². The lowest BCUT2D eigenvalue weighted by molar-refractivity contribution is -0.154. The number of esters is 2. The molecule has 2 atom stereocenters. The molecule has 0 fully saturated rings. The molecule has 0 spiro atoms. The van der Waals surface area contributed by atoms with Crippen LogP contribution in [-0.4, -0.2) is 48.6 Å². The first-order valence-electron chi connectivity index (χ1n) is 16.9. The fraction of sp³-hybridized carbons (Fsp3) is 0.190. The number of carbonyl (C=O) groups is 2. The molecule has 0 aliphatic heterocycles. The maximum atomic E-state index is 11.7. The fourth-order valence-corrected chi connectivity index (χ4v) is 5.89. The molecule has 1 heterocycles. The minimum Gasteiger partial charge on any atom is -0.490 e. The quantitative estimate of drug-likeness (QED) is 0.0415. The minimum atomic E-state index is -0.814. The van der Waals surface area contributed by atoms with E-state index in [1.54, 1.807) is 29.7 Å². The number of hydrogen-bond donors (Lipinski definition) is 1. The van der Waals surface area contributed by atoms with Crippen molar-refractivity contribution in [3.63, 3.8) is 0 Å². The third kappa shape index (κ3) is 11.0. The Bertz CT molecular complexity index is 2000. The lowest BCUT2D eigenvalue weighted by Crippen LogP contribution is -2.30. The highest BCUT2D eigenvalue weighted by Gasteiger charge is 2.16. The number of rotatable bonds is 18. The number of ether oxygens (including phenoxy) is 4. The molecule has 0 amide bonds. The number of hydrogen-bond acceptors (Lipinski definition) is 10. The Hall–Kier alpha value is -6.00. The molecular weight excluding hydrogens is 675 g/mol. The second kappa shape index (κ2) is 18.8. The van der Waals surface area contributed by atoms with Crippen LogP contribution in [0, 0.1) is 0 Å². The summed E-state index contributed by atoms with van der Waals surface area (Å²) in [4.78, 5) is 27.8. The fourth-order valence-electron chi connectivity index (χ4n) is 5.08. The standard InChI is InChI=1S/C42H41N3O6S/c1-5-10-30-15-19-32(20-16-30)33-21-24-38(34(25-33)26-43-45-42-44-37-11-8-9-12-39(37)52-42)50-29(4)13-14-31-17-22-35(23-18-31)48-27-36(51-41(47)7-3)28-49-40(46)6-2/h6-9,11-26,29,36H,2-3,5,10,27-28H2,1,4H3,(H,44,45)/b14-13+,43-26+. The molecule has 9 nitrogen and oxygen atoms in total. The number of nitrogens with one attached hydrogen (secondary N) is 1. The number of carbonyl (C=O) groups excluding carboxylic acids is 2. The van der Waals surface area contributed by atoms with E-state index < -0.39 is 18.0 Å². The largest absolute Gasteiger partial charge is 0.490 e. The molecule has 5 rings (SSSR count). The molecule has 5 aromatic rings. The second-order valence-electron chi connectivity index (χ2n) is 11.7. The van der Waals surface area contributed by atoms with Gasteiger partial charge in [-0.05, 0) is 78.1 Å². The van der Waals surface area contributed by atoms with Gasteiger partial charge in [-0.1, -0.05) is 98.5 Å². The lowest BCUT2D eigenvalue weighted by Gasteiger charge is -2.17. The molecule has 1 aromatic heterocycles. The number of nitrogens with zero attached hydrogens (tertiary/aromatic N) is 2. The Balaban J connectivity index is 1.25. The molecular formula is C42H41N3O6S. The predicted molar refractivity (Wildman–Crippen MR) is 209 cm³/mol. The van der Waals surface area contributed by atoms with Crippen LogP contribution >= 0.6 is 11.3 Å². The van der Waals surface area contributed by atoms with Crippen LogP contribution in [-0.2, 0) is 25.5 Å². The number of fused-ring (bicyclic) bond motifs is 1. The SMILES string of the molecule is C=CC(=O)OCC(COc1ccc(/C=C/C(C)Oc2ccc(-c3ccc(CCC)cc3)cc2/C=N/Nc2nc3ccccc3s2)cc1)OC(=O)C=C. The van der Waals surface area contributed by atoms with Crippen LogP contribution in [0.5, 0.6) is 11.5 Å². The molecule has 0 saturated carbocycles. The minimum absolute atomic E-state index is 0.0191. The van der Waals surface area contributed by atoms with E-state index in [4.69, 9.17) is 18.9 Å². The van der Waals surface area contributed by atoms with Crippen molar-refractivity contribution in [1.29, 1.82) is 0 Å². The van der Waals surface area contributed by atoms with Crippen LogP contribution < -0.4 is 14.9 Å². The van der Waals surface area contributed by atoms with E-state index in [1.165, 1.54) is 5.56 Å². The normalized spacial score (nSPS) is 12.3. The summed E-state index contributed by atoms with van der Waals surface area (Å²) in [6, 6.07) is 30.1. The van der Waals surface area contributed by atoms with Crippen molar-refractivity contribution in [3.05, 3.63) is 139 Å². The van der Waals surface area contributed by atoms with Gasteiger partial charge in [-0.25, -0.2) is 14.6 Å². The van der Waals surface area contributed by atoms with E-state index in [9.17, 15) is 9.59 Å². The van der Waals surface area contributed by atoms with E-state index in [0.29, 0.717) is 16.6 Å². The van der Waals surface area contributed by atoms with Gasteiger partial charge < -0.3 is 18.9 Å². The summed E-state index contributed by atoms with van der Waals surface area (Å²) >= 11 is 1.54. The van der Waals surface area contributed by atoms with Crippen molar-refractivity contribution in [3.8, 4) is 22.6 Å². The highest BCUT2D eigenvalue weighted by atomic mass is 32.1. The van der Waals surface area contributed by atoms with Crippen LogP contribution in [0.1, 0.15) is 37.0 Å². The molecule has 2 unspecified atom stereocenters. The maximum Gasteiger partial charge on any atom is 0.330 e. The zero-order chi connectivity index (χ0) is 36.7. The number of thiazole rings is 1. The Kier molecular flexibility index (Phi) is 13.5. The van der Waals surface area contributed by atoms with E-state index in [2.05, 4.69) is 72.0 Å². The number of benzene rings is 4. The average molecular weight is 716 g/mol. The zero-order valence-corrected chi connectivity index (χ0v) is 30.0. The zero-order valence-electron chi connectivity index (χ0n) is 29.2. The lowest BCUT2D eigenvalue weighted by atomic mass is 10.0. The molecule has 0 radical (unpaired) electrons. The van der Waals surface area contributed by atoms with Crippen LogP contribution in [0.15, 0.2) is 127 Å². The smallest absolute Gasteiger partial charge is 0.330 e. The number of anilines is 1. The summed E-state index contributed by atoms with van der Waals surface area (Å²) in [5, 5.41) is 5.23. The highest BCUT2D eigenvalue weighted by molar-refractivity contribution is 7.22. The van der Waals surface area contributed by atoms with Gasteiger partial charge in [0.2, 0.25) is 5.13 Å². The molecule has 52 heavy (non-hydrogen) atoms. The van der Waals surface area contributed by atoms with E-state index in [1.807, 2.05) is 61.5 Å². The number of hydrazone groups is 1. The number of para-hydroxylation sites is 1. The van der Waals surface area contributed by atoms with Crippen molar-refractivity contribution in [2.24, 2.45) is 5.10 Å². The molecule has 0 aliphatic rings. The van der Waals surface area contributed by atoms with Crippen molar-refractivity contribution in [2.45, 2.75) is 38.9 Å². The summed E-state index contributed by atoms with van der Waals surface area (Å²) in [6.45, 7) is 10.7. The first-order valence-corrected chi connectivity index (χ1v) is 17.7. The van der Waals surface area contributed by atoms with Crippen molar-refractivity contribution in [1.82, 2.24) is 4.98 Å². The molecule has 0 aliphatic carbocycles. The van der Waals surface area contributed by atoms with Crippen LogP contribution in [0.2, 0.25) is 0 Å². The summed E-state index contributed by atoms with van der Waals surface area (Å²) in [7, 11) is 0. The van der Waals surface area contributed by atoms with Crippen molar-refractivity contribution < 1.29 is 28.5 Å². The van der Waals surface area contributed by atoms with E-state index >= 15 is 0 Å². The van der Waals surface area contributed by atoms with Gasteiger partial charge >= 0.3 is 11.9 Å². The van der Waals surface area contributed by atoms with Gasteiger partial charge in [0.05, 0.1) is 16.4 Å². The first-order chi connectivity index (χ1) is 25.3. The van der Waals surface area contributed by atoms with Gasteiger partial charge in [-0.2, -0.15) is 5.10 Å². The monoisotopic (exact) mass is 715 g/mol. The number of aryl methyl sites for hydroxylation is 1. The molecule has 266 valence electrons. The summed E-state index contributed by atoms with van der Waals surface area (Å²) < 4.78 is 23.5. The van der Waals surface area contributed by atoms with Crippen molar-refractivity contribution in [2.75, 3.05) is 18.6 Å². The predicted octanol–water partition coefficient (Wildman–Crippen LogP) is 9.05. The molecule has 0 bridgehead atoms. The third-order valence-electron chi connectivity index (χ3n) is 7.71. The second-order valence-corrected chi connectivity index (χ2v) is 12.7. The van der Waals surface area contributed by atoms with Crippen LogP contribution in [0.3, 0.4) is 0 Å². The van der Waals surface area contributed by atoms with Gasteiger partial charge in [0.25, 0.3) is 0 Å². The third-order valence-corrected chi connectivity index (χ3v) is 8.65. The Morgan fingerprint density at radius 2 is 1.67 bits per heavy atom. The summed E-state index contributed by atoms with van der Waals surface area (Å²) in [6.07, 6.45) is 8.84. The Labute approximate surface area is 307 Å². The highest BCUT2D eigenvalue weighted by Crippen LogP contribution is 2.29. The molecule has 0 saturated heterocycles. The maximum absolute atomic E-state index is 11.7. The van der Waals surface area contributed by atoms with Gasteiger partial charge in [0, 0.05) is 17.7 Å². The molecule has 1 N–H and O–H groups in total. The topological polar surface area (TPSA) is 108 Å². The Morgan fingerprint density at radius 3 is 2.40 bits per heavy atom. The first kappa shape index (κ1) is 37.3. The van der Waals surface area contributed by atoms with Gasteiger partial charge in [-0.15, -0.1) is 0 Å². The van der Waals surface area contributed by atoms with Crippen molar-refractivity contribution >= 4 is 50.9 Å². The number of aromatic nitrogens is 1. The van der Waals surface area contributed by atoms with E-state index in [0.717, 1.165) is 57.5 Å². The van der Waals surface area contributed by atoms with Gasteiger partial charge in [0.15, 0.2) is 6.10 Å². The van der Waals surface area contributed by atoms with Gasteiger partial charge in [-0.3, -0.25) is 5.43 Å². The summed E-state index contributed by atoms with van der Waals surface area (Å²) in [5.41, 5.74) is 9.26. The molecule has 10 heteroatoms. The van der Waals surface area contributed by atoms with E-state index in [-0.39, 0.29) is 19.3 Å². The summed E-state index contributed by atoms with van der Waals surface area (Å²) in [5.74, 6) is -0.0261. The van der Waals surface area contributed by atoms with Gasteiger partial charge in [0.1, 0.15) is 30.8 Å². The van der Waals surface area contributed by atoms with Crippen LogP contribution in [0.25, 0.3) is 27.4 Å². The average Bonchev–Trinajstić information content (AvgIpc) is 3.59. The molecule has 4 aromatic carbocycles. The Morgan fingerprint density at radius 1 is 0.923 bits per heavy atom.